The van der Waals surface area contributed by atoms with E-state index in [4.69, 9.17) is 15.2 Å². The van der Waals surface area contributed by atoms with Crippen LogP contribution in [0.15, 0.2) is 0 Å². The average molecular weight is 300 g/mol. The quantitative estimate of drug-likeness (QED) is 0.705. The van der Waals surface area contributed by atoms with Crippen LogP contribution < -0.4 is 5.73 Å². The first-order valence-corrected chi connectivity index (χ1v) is 8.10. The monoisotopic (exact) mass is 300 g/mol. The Labute approximate surface area is 129 Å². The van der Waals surface area contributed by atoms with Crippen LogP contribution in [-0.2, 0) is 14.3 Å². The van der Waals surface area contributed by atoms with E-state index in [1.54, 1.807) is 7.11 Å². The molecule has 0 radical (unpaired) electrons. The van der Waals surface area contributed by atoms with Crippen LogP contribution in [0.1, 0.15) is 46.5 Å². The van der Waals surface area contributed by atoms with Crippen LogP contribution in [0.2, 0.25) is 0 Å². The van der Waals surface area contributed by atoms with Crippen molar-refractivity contribution in [2.24, 2.45) is 11.1 Å². The average Bonchev–Trinajstić information content (AvgIpc) is 2.49. The van der Waals surface area contributed by atoms with E-state index in [1.165, 1.54) is 0 Å². The van der Waals surface area contributed by atoms with Gasteiger partial charge in [-0.15, -0.1) is 0 Å². The molecule has 0 aromatic rings. The molecular weight excluding hydrogens is 268 g/mol. The summed E-state index contributed by atoms with van der Waals surface area (Å²) in [5.41, 5.74) is 5.69. The second-order valence-electron chi connectivity index (χ2n) is 5.94. The molecule has 3 atom stereocenters. The zero-order valence-electron chi connectivity index (χ0n) is 14.2. The first kappa shape index (κ1) is 18.4. The van der Waals surface area contributed by atoms with Crippen LogP contribution in [0.25, 0.3) is 0 Å². The molecule has 1 fully saturated rings. The molecule has 1 amide bonds. The van der Waals surface area contributed by atoms with Gasteiger partial charge in [-0.25, -0.2) is 0 Å². The van der Waals surface area contributed by atoms with Gasteiger partial charge in [0.2, 0.25) is 5.91 Å². The largest absolute Gasteiger partial charge is 0.380 e. The zero-order chi connectivity index (χ0) is 16.0. The van der Waals surface area contributed by atoms with Crippen molar-refractivity contribution in [3.8, 4) is 0 Å². The first-order chi connectivity index (χ1) is 10.00. The number of nitrogens with two attached hydrogens (primary N) is 1. The molecule has 0 bridgehead atoms. The third-order valence-corrected chi connectivity index (χ3v) is 5.29. The molecule has 21 heavy (non-hydrogen) atoms. The summed E-state index contributed by atoms with van der Waals surface area (Å²) < 4.78 is 11.1. The standard InChI is InChI=1S/C16H32N2O3/c1-6-16(7-2)13(10-14(16)21-8-3)18(4)15(19)9-12(11-17)20-5/h12-14H,6-11,17H2,1-5H3. The van der Waals surface area contributed by atoms with Crippen LogP contribution in [-0.4, -0.2) is 56.4 Å². The molecule has 3 unspecified atom stereocenters. The Kier molecular flexibility index (Phi) is 7.10. The Hall–Kier alpha value is -0.650. The Balaban J connectivity index is 2.73. The van der Waals surface area contributed by atoms with E-state index in [9.17, 15) is 4.79 Å². The predicted octanol–water partition coefficient (Wildman–Crippen LogP) is 1.79. The number of nitrogens with zero attached hydrogens (tertiary/aromatic N) is 1. The molecule has 0 aliphatic heterocycles. The highest BCUT2D eigenvalue weighted by molar-refractivity contribution is 5.77. The fourth-order valence-corrected chi connectivity index (χ4v) is 3.66. The van der Waals surface area contributed by atoms with Crippen molar-refractivity contribution in [3.05, 3.63) is 0 Å². The minimum atomic E-state index is -0.194. The topological polar surface area (TPSA) is 64.8 Å². The molecule has 5 nitrogen and oxygen atoms in total. The molecular formula is C16H32N2O3. The van der Waals surface area contributed by atoms with Gasteiger partial charge in [-0.2, -0.15) is 0 Å². The molecule has 0 heterocycles. The lowest BCUT2D eigenvalue weighted by molar-refractivity contribution is -0.178. The fraction of sp³-hybridized carbons (Fsp3) is 0.938. The normalized spacial score (nSPS) is 25.2. The van der Waals surface area contributed by atoms with E-state index in [2.05, 4.69) is 13.8 Å². The summed E-state index contributed by atoms with van der Waals surface area (Å²) in [5, 5.41) is 0. The van der Waals surface area contributed by atoms with Gasteiger partial charge < -0.3 is 20.1 Å². The fourth-order valence-electron chi connectivity index (χ4n) is 3.66. The van der Waals surface area contributed by atoms with E-state index in [-0.39, 0.29) is 29.6 Å². The molecule has 1 rings (SSSR count). The van der Waals surface area contributed by atoms with Crippen molar-refractivity contribution >= 4 is 5.91 Å². The van der Waals surface area contributed by atoms with Crippen LogP contribution in [0.3, 0.4) is 0 Å². The van der Waals surface area contributed by atoms with Gasteiger partial charge in [0.05, 0.1) is 18.6 Å². The van der Waals surface area contributed by atoms with E-state index < -0.39 is 0 Å². The highest BCUT2D eigenvalue weighted by Gasteiger charge is 2.55. The number of hydrogen-bond donors (Lipinski definition) is 1. The third kappa shape index (κ3) is 3.58. The van der Waals surface area contributed by atoms with Gasteiger partial charge in [-0.3, -0.25) is 4.79 Å². The van der Waals surface area contributed by atoms with Crippen molar-refractivity contribution in [1.29, 1.82) is 0 Å². The third-order valence-electron chi connectivity index (χ3n) is 5.29. The summed E-state index contributed by atoms with van der Waals surface area (Å²) in [4.78, 5) is 14.3. The zero-order valence-corrected chi connectivity index (χ0v) is 14.2. The van der Waals surface area contributed by atoms with Crippen molar-refractivity contribution in [2.45, 2.75) is 64.7 Å². The second-order valence-corrected chi connectivity index (χ2v) is 5.94. The molecule has 0 aromatic carbocycles. The number of carbonyl (C=O) groups excluding carboxylic acids is 1. The number of rotatable bonds is 9. The van der Waals surface area contributed by atoms with Gasteiger partial charge in [0.15, 0.2) is 0 Å². The lowest BCUT2D eigenvalue weighted by atomic mass is 9.58. The maximum Gasteiger partial charge on any atom is 0.225 e. The predicted molar refractivity (Wildman–Crippen MR) is 84.1 cm³/mol. The summed E-state index contributed by atoms with van der Waals surface area (Å²) in [6, 6.07) is 0.256. The molecule has 5 heteroatoms. The van der Waals surface area contributed by atoms with Crippen LogP contribution in [0.4, 0.5) is 0 Å². The summed E-state index contributed by atoms with van der Waals surface area (Å²) in [6.45, 7) is 7.52. The first-order valence-electron chi connectivity index (χ1n) is 8.10. The minimum Gasteiger partial charge on any atom is -0.380 e. The highest BCUT2D eigenvalue weighted by atomic mass is 16.5. The van der Waals surface area contributed by atoms with Gasteiger partial charge in [-0.05, 0) is 26.2 Å². The summed E-state index contributed by atoms with van der Waals surface area (Å²) in [5.74, 6) is 0.110. The van der Waals surface area contributed by atoms with Gasteiger partial charge in [0.25, 0.3) is 0 Å². The smallest absolute Gasteiger partial charge is 0.225 e. The van der Waals surface area contributed by atoms with Crippen molar-refractivity contribution in [2.75, 3.05) is 27.3 Å². The molecule has 1 aliphatic carbocycles. The number of hydrogen-bond acceptors (Lipinski definition) is 4. The molecule has 0 aromatic heterocycles. The Bertz CT molecular complexity index is 327. The second kappa shape index (κ2) is 8.11. The van der Waals surface area contributed by atoms with E-state index in [0.29, 0.717) is 13.0 Å². The molecule has 0 saturated heterocycles. The van der Waals surface area contributed by atoms with Crippen molar-refractivity contribution in [1.82, 2.24) is 4.90 Å². The lowest BCUT2D eigenvalue weighted by Gasteiger charge is -2.58. The van der Waals surface area contributed by atoms with Gasteiger partial charge >= 0.3 is 0 Å². The molecule has 1 aliphatic rings. The summed E-state index contributed by atoms with van der Waals surface area (Å²) >= 11 is 0. The van der Waals surface area contributed by atoms with Crippen molar-refractivity contribution < 1.29 is 14.3 Å². The minimum absolute atomic E-state index is 0.0890. The van der Waals surface area contributed by atoms with Gasteiger partial charge in [-0.1, -0.05) is 13.8 Å². The number of ether oxygens (including phenoxy) is 2. The molecule has 2 N–H and O–H groups in total. The number of amides is 1. The van der Waals surface area contributed by atoms with Crippen LogP contribution in [0.5, 0.6) is 0 Å². The van der Waals surface area contributed by atoms with Crippen LogP contribution in [0, 0.1) is 5.41 Å². The van der Waals surface area contributed by atoms with Gasteiger partial charge in [0, 0.05) is 38.8 Å². The number of methoxy groups -OCH3 is 1. The SMILES string of the molecule is CCOC1CC(N(C)C(=O)CC(CN)OC)C1(CC)CC. The van der Waals surface area contributed by atoms with E-state index in [0.717, 1.165) is 25.9 Å². The molecule has 1 saturated carbocycles. The Morgan fingerprint density at radius 2 is 2.00 bits per heavy atom. The lowest BCUT2D eigenvalue weighted by Crippen LogP contribution is -2.64. The summed E-state index contributed by atoms with van der Waals surface area (Å²) in [7, 11) is 3.50. The maximum atomic E-state index is 12.4. The van der Waals surface area contributed by atoms with E-state index in [1.807, 2.05) is 18.9 Å². The van der Waals surface area contributed by atoms with Crippen LogP contribution >= 0.6 is 0 Å². The summed E-state index contributed by atoms with van der Waals surface area (Å²) in [6.07, 6.45) is 3.41. The van der Waals surface area contributed by atoms with E-state index >= 15 is 0 Å². The number of carbonyl (C=O) groups is 1. The molecule has 124 valence electrons. The van der Waals surface area contributed by atoms with Crippen molar-refractivity contribution in [3.63, 3.8) is 0 Å². The molecule has 0 spiro atoms. The Morgan fingerprint density at radius 3 is 2.43 bits per heavy atom. The maximum absolute atomic E-state index is 12.4. The highest BCUT2D eigenvalue weighted by Crippen LogP contribution is 2.51. The Morgan fingerprint density at radius 1 is 1.38 bits per heavy atom. The van der Waals surface area contributed by atoms with Gasteiger partial charge in [0.1, 0.15) is 0 Å².